The number of rotatable bonds is 4. The molecule has 0 aliphatic rings. The Morgan fingerprint density at radius 3 is 2.41 bits per heavy atom. The zero-order chi connectivity index (χ0) is 12.8. The zero-order valence-electron chi connectivity index (χ0n) is 10.7. The van der Waals surface area contributed by atoms with Crippen molar-refractivity contribution in [1.29, 1.82) is 0 Å². The quantitative estimate of drug-likeness (QED) is 0.788. The Hall–Kier alpha value is -1.71. The number of nitrogen functional groups attached to an aromatic ring is 1. The van der Waals surface area contributed by atoms with Crippen molar-refractivity contribution < 1.29 is 4.79 Å². The van der Waals surface area contributed by atoms with Crippen molar-refractivity contribution in [2.24, 2.45) is 0 Å². The van der Waals surface area contributed by atoms with E-state index in [1.165, 1.54) is 0 Å². The summed E-state index contributed by atoms with van der Waals surface area (Å²) in [6.45, 7) is 6.81. The SMILES string of the molecule is CCC(C)N(CC)C(=O)Nc1ccc(N)cc1. The van der Waals surface area contributed by atoms with Crippen LogP contribution in [0.4, 0.5) is 16.2 Å². The van der Waals surface area contributed by atoms with Crippen LogP contribution in [-0.2, 0) is 0 Å². The molecule has 0 radical (unpaired) electrons. The van der Waals surface area contributed by atoms with Gasteiger partial charge in [0.25, 0.3) is 0 Å². The van der Waals surface area contributed by atoms with Crippen LogP contribution < -0.4 is 11.1 Å². The van der Waals surface area contributed by atoms with E-state index in [2.05, 4.69) is 12.2 Å². The van der Waals surface area contributed by atoms with E-state index in [0.717, 1.165) is 12.1 Å². The number of nitrogens with zero attached hydrogens (tertiary/aromatic N) is 1. The second-order valence-electron chi connectivity index (χ2n) is 4.10. The van der Waals surface area contributed by atoms with Crippen molar-refractivity contribution in [3.05, 3.63) is 24.3 Å². The van der Waals surface area contributed by atoms with Crippen LogP contribution in [0.15, 0.2) is 24.3 Å². The van der Waals surface area contributed by atoms with Crippen LogP contribution in [0.2, 0.25) is 0 Å². The van der Waals surface area contributed by atoms with E-state index in [9.17, 15) is 4.79 Å². The van der Waals surface area contributed by atoms with Crippen LogP contribution in [-0.4, -0.2) is 23.5 Å². The van der Waals surface area contributed by atoms with Gasteiger partial charge in [-0.05, 0) is 44.5 Å². The van der Waals surface area contributed by atoms with Crippen molar-refractivity contribution in [3.63, 3.8) is 0 Å². The summed E-state index contributed by atoms with van der Waals surface area (Å²) in [6.07, 6.45) is 0.947. The maximum atomic E-state index is 12.0. The maximum Gasteiger partial charge on any atom is 0.322 e. The van der Waals surface area contributed by atoms with E-state index in [-0.39, 0.29) is 12.1 Å². The lowest BCUT2D eigenvalue weighted by Crippen LogP contribution is -2.40. The van der Waals surface area contributed by atoms with Gasteiger partial charge >= 0.3 is 6.03 Å². The molecule has 94 valence electrons. The first kappa shape index (κ1) is 13.4. The molecule has 0 fully saturated rings. The number of nitrogens with one attached hydrogen (secondary N) is 1. The first-order chi connectivity index (χ1) is 8.08. The Morgan fingerprint density at radius 2 is 1.94 bits per heavy atom. The fraction of sp³-hybridized carbons (Fsp3) is 0.462. The average Bonchev–Trinajstić information content (AvgIpc) is 2.32. The van der Waals surface area contributed by atoms with E-state index in [1.54, 1.807) is 24.3 Å². The molecule has 1 aromatic carbocycles. The van der Waals surface area contributed by atoms with Gasteiger partial charge in [-0.25, -0.2) is 4.79 Å². The highest BCUT2D eigenvalue weighted by Gasteiger charge is 2.16. The lowest BCUT2D eigenvalue weighted by molar-refractivity contribution is 0.195. The van der Waals surface area contributed by atoms with Crippen molar-refractivity contribution in [2.45, 2.75) is 33.2 Å². The molecule has 0 saturated carbocycles. The van der Waals surface area contributed by atoms with Gasteiger partial charge in [0, 0.05) is 24.0 Å². The zero-order valence-corrected chi connectivity index (χ0v) is 10.7. The standard InChI is InChI=1S/C13H21N3O/c1-4-10(3)16(5-2)13(17)15-12-8-6-11(14)7-9-12/h6-10H,4-5,14H2,1-3H3,(H,15,17). The van der Waals surface area contributed by atoms with Crippen LogP contribution in [0.25, 0.3) is 0 Å². The second-order valence-corrected chi connectivity index (χ2v) is 4.10. The molecule has 0 spiro atoms. The minimum atomic E-state index is -0.0633. The smallest absolute Gasteiger partial charge is 0.322 e. The highest BCUT2D eigenvalue weighted by molar-refractivity contribution is 5.89. The van der Waals surface area contributed by atoms with Crippen LogP contribution in [0.5, 0.6) is 0 Å². The molecule has 0 heterocycles. The molecule has 3 N–H and O–H groups in total. The molecule has 1 aromatic rings. The molecule has 0 aliphatic carbocycles. The molecule has 2 amide bonds. The van der Waals surface area contributed by atoms with E-state index in [1.807, 2.05) is 18.7 Å². The summed E-state index contributed by atoms with van der Waals surface area (Å²) < 4.78 is 0. The second kappa shape index (κ2) is 6.13. The topological polar surface area (TPSA) is 58.4 Å². The fourth-order valence-corrected chi connectivity index (χ4v) is 1.64. The Morgan fingerprint density at radius 1 is 1.35 bits per heavy atom. The first-order valence-corrected chi connectivity index (χ1v) is 6.01. The van der Waals surface area contributed by atoms with Gasteiger partial charge in [0.2, 0.25) is 0 Å². The minimum absolute atomic E-state index is 0.0633. The molecule has 4 heteroatoms. The summed E-state index contributed by atoms with van der Waals surface area (Å²) in [5, 5.41) is 2.87. The predicted octanol–water partition coefficient (Wildman–Crippen LogP) is 2.92. The summed E-state index contributed by atoms with van der Waals surface area (Å²) in [6, 6.07) is 7.33. The third-order valence-electron chi connectivity index (χ3n) is 2.89. The summed E-state index contributed by atoms with van der Waals surface area (Å²) in [5.41, 5.74) is 7.05. The molecular weight excluding hydrogens is 214 g/mol. The molecule has 0 saturated heterocycles. The first-order valence-electron chi connectivity index (χ1n) is 6.01. The highest BCUT2D eigenvalue weighted by atomic mass is 16.2. The number of carbonyl (C=O) groups excluding carboxylic acids is 1. The van der Waals surface area contributed by atoms with E-state index in [0.29, 0.717) is 12.2 Å². The molecule has 0 bridgehead atoms. The third kappa shape index (κ3) is 3.66. The van der Waals surface area contributed by atoms with Gasteiger partial charge in [-0.3, -0.25) is 0 Å². The van der Waals surface area contributed by atoms with Crippen LogP contribution >= 0.6 is 0 Å². The number of carbonyl (C=O) groups is 1. The largest absolute Gasteiger partial charge is 0.399 e. The minimum Gasteiger partial charge on any atom is -0.399 e. The van der Waals surface area contributed by atoms with Crippen LogP contribution in [0.3, 0.4) is 0 Å². The number of nitrogens with two attached hydrogens (primary N) is 1. The molecule has 1 atom stereocenters. The van der Waals surface area contributed by atoms with Gasteiger partial charge in [0.05, 0.1) is 0 Å². The monoisotopic (exact) mass is 235 g/mol. The number of anilines is 2. The van der Waals surface area contributed by atoms with Gasteiger partial charge in [0.15, 0.2) is 0 Å². The maximum absolute atomic E-state index is 12.0. The van der Waals surface area contributed by atoms with E-state index in [4.69, 9.17) is 5.73 Å². The van der Waals surface area contributed by atoms with Gasteiger partial charge in [-0.2, -0.15) is 0 Å². The Kier molecular flexibility index (Phi) is 4.82. The van der Waals surface area contributed by atoms with Gasteiger partial charge in [-0.15, -0.1) is 0 Å². The third-order valence-corrected chi connectivity index (χ3v) is 2.89. The van der Waals surface area contributed by atoms with Gasteiger partial charge in [-0.1, -0.05) is 6.92 Å². The molecule has 1 unspecified atom stereocenters. The average molecular weight is 235 g/mol. The number of hydrogen-bond acceptors (Lipinski definition) is 2. The molecular formula is C13H21N3O. The molecule has 0 aliphatic heterocycles. The normalized spacial score (nSPS) is 11.9. The van der Waals surface area contributed by atoms with Crippen LogP contribution in [0.1, 0.15) is 27.2 Å². The fourth-order valence-electron chi connectivity index (χ4n) is 1.64. The molecule has 1 rings (SSSR count). The van der Waals surface area contributed by atoms with Gasteiger partial charge < -0.3 is 16.0 Å². The lowest BCUT2D eigenvalue weighted by atomic mass is 10.2. The molecule has 4 nitrogen and oxygen atoms in total. The Labute approximate surface area is 103 Å². The summed E-state index contributed by atoms with van der Waals surface area (Å²) in [5.74, 6) is 0. The van der Waals surface area contributed by atoms with Crippen molar-refractivity contribution in [1.82, 2.24) is 4.90 Å². The van der Waals surface area contributed by atoms with E-state index >= 15 is 0 Å². The number of urea groups is 1. The Balaban J connectivity index is 2.67. The number of hydrogen-bond donors (Lipinski definition) is 2. The Bertz CT molecular complexity index is 361. The van der Waals surface area contributed by atoms with Crippen LogP contribution in [0, 0.1) is 0 Å². The summed E-state index contributed by atoms with van der Waals surface area (Å²) in [4.78, 5) is 13.8. The summed E-state index contributed by atoms with van der Waals surface area (Å²) >= 11 is 0. The van der Waals surface area contributed by atoms with Crippen molar-refractivity contribution in [2.75, 3.05) is 17.6 Å². The molecule has 0 aromatic heterocycles. The number of benzene rings is 1. The van der Waals surface area contributed by atoms with Gasteiger partial charge in [0.1, 0.15) is 0 Å². The molecule has 17 heavy (non-hydrogen) atoms. The highest BCUT2D eigenvalue weighted by Crippen LogP contribution is 2.12. The lowest BCUT2D eigenvalue weighted by Gasteiger charge is -2.27. The summed E-state index contributed by atoms with van der Waals surface area (Å²) in [7, 11) is 0. The van der Waals surface area contributed by atoms with Crippen molar-refractivity contribution in [3.8, 4) is 0 Å². The van der Waals surface area contributed by atoms with E-state index < -0.39 is 0 Å². The predicted molar refractivity (Wildman–Crippen MR) is 72.0 cm³/mol. The van der Waals surface area contributed by atoms with Crippen molar-refractivity contribution >= 4 is 17.4 Å². The number of amides is 2.